The van der Waals surface area contributed by atoms with Crippen LogP contribution in [0.1, 0.15) is 38.8 Å². The van der Waals surface area contributed by atoms with Crippen LogP contribution in [0.5, 0.6) is 0 Å². The third-order valence-electron chi connectivity index (χ3n) is 5.46. The van der Waals surface area contributed by atoms with Crippen molar-refractivity contribution >= 4 is 34.9 Å². The number of nitrogens with zero attached hydrogens (tertiary/aromatic N) is 2. The van der Waals surface area contributed by atoms with Crippen LogP contribution in [0, 0.1) is 6.92 Å². The molecule has 160 valence electrons. The number of aryl methyl sites for hydroxylation is 2. The molecule has 5 nitrogen and oxygen atoms in total. The second kappa shape index (κ2) is 8.06. The highest BCUT2D eigenvalue weighted by Gasteiger charge is 2.27. The molecule has 2 aliphatic heterocycles. The number of rotatable bonds is 2. The molecule has 2 aromatic carbocycles. The van der Waals surface area contributed by atoms with Gasteiger partial charge in [-0.05, 0) is 69.5 Å². The number of ether oxygens (including phenoxy) is 1. The molecule has 0 atom stereocenters. The lowest BCUT2D eigenvalue weighted by atomic mass is 10.1. The molecule has 0 radical (unpaired) electrons. The van der Waals surface area contributed by atoms with Crippen molar-refractivity contribution in [1.82, 2.24) is 4.90 Å². The summed E-state index contributed by atoms with van der Waals surface area (Å²) in [6, 6.07) is 11.2. The first-order chi connectivity index (χ1) is 14.2. The average molecular weight is 426 g/mol. The van der Waals surface area contributed by atoms with Crippen LogP contribution >= 0.6 is 11.8 Å². The van der Waals surface area contributed by atoms with Gasteiger partial charge in [-0.2, -0.15) is 0 Å². The van der Waals surface area contributed by atoms with Gasteiger partial charge in [0.2, 0.25) is 0 Å². The Hall–Kier alpha value is -2.34. The van der Waals surface area contributed by atoms with E-state index in [2.05, 4.69) is 54.4 Å². The second-order valence-corrected chi connectivity index (χ2v) is 10.1. The van der Waals surface area contributed by atoms with Crippen molar-refractivity contribution in [3.8, 4) is 0 Å². The zero-order chi connectivity index (χ0) is 21.5. The number of carbonyl (C=O) groups excluding carboxylic acids is 1. The highest BCUT2D eigenvalue weighted by atomic mass is 32.2. The van der Waals surface area contributed by atoms with E-state index in [0.717, 1.165) is 19.5 Å². The predicted octanol–water partition coefficient (Wildman–Crippen LogP) is 5.82. The molecule has 0 unspecified atom stereocenters. The van der Waals surface area contributed by atoms with E-state index in [1.165, 1.54) is 38.0 Å². The number of nitrogens with one attached hydrogen (secondary N) is 1. The van der Waals surface area contributed by atoms with Crippen LogP contribution in [0.4, 0.5) is 21.9 Å². The third kappa shape index (κ3) is 4.38. The molecule has 1 amide bonds. The Balaban J connectivity index is 1.51. The minimum Gasteiger partial charge on any atom is -0.444 e. The van der Waals surface area contributed by atoms with Gasteiger partial charge in [-0.25, -0.2) is 4.79 Å². The van der Waals surface area contributed by atoms with E-state index >= 15 is 0 Å². The minimum absolute atomic E-state index is 0.214. The summed E-state index contributed by atoms with van der Waals surface area (Å²) in [6.07, 6.45) is 0.761. The molecule has 1 saturated heterocycles. The molecular formula is C24H31N3O2S. The van der Waals surface area contributed by atoms with Crippen molar-refractivity contribution < 1.29 is 9.53 Å². The summed E-state index contributed by atoms with van der Waals surface area (Å²) >= 11 is 1.84. The van der Waals surface area contributed by atoms with Gasteiger partial charge >= 0.3 is 6.09 Å². The van der Waals surface area contributed by atoms with Gasteiger partial charge in [-0.3, -0.25) is 0 Å². The number of piperazine rings is 1. The van der Waals surface area contributed by atoms with E-state index in [-0.39, 0.29) is 6.09 Å². The quantitative estimate of drug-likeness (QED) is 0.560. The summed E-state index contributed by atoms with van der Waals surface area (Å²) in [5.74, 6) is 0. The molecule has 30 heavy (non-hydrogen) atoms. The molecule has 2 heterocycles. The molecule has 4 rings (SSSR count). The first-order valence-corrected chi connectivity index (χ1v) is 11.5. The molecular weight excluding hydrogens is 394 g/mol. The zero-order valence-corrected chi connectivity index (χ0v) is 19.4. The van der Waals surface area contributed by atoms with Crippen molar-refractivity contribution in [2.24, 2.45) is 0 Å². The monoisotopic (exact) mass is 425 g/mol. The number of benzene rings is 2. The van der Waals surface area contributed by atoms with E-state index in [9.17, 15) is 4.79 Å². The molecule has 0 spiro atoms. The molecule has 0 aromatic heterocycles. The van der Waals surface area contributed by atoms with Gasteiger partial charge in [0.1, 0.15) is 5.60 Å². The SMILES string of the molecule is CCc1cc(N2CCN(C(=O)OC(C)(C)C)CC2)cc2c1Nc1ccc(C)cc1S2. The second-order valence-electron chi connectivity index (χ2n) is 9.01. The number of fused-ring (bicyclic) bond motifs is 2. The normalized spacial score (nSPS) is 15.9. The first-order valence-electron chi connectivity index (χ1n) is 10.7. The van der Waals surface area contributed by atoms with Crippen molar-refractivity contribution in [2.45, 2.75) is 56.4 Å². The van der Waals surface area contributed by atoms with Crippen LogP contribution in [-0.2, 0) is 11.2 Å². The molecule has 0 saturated carbocycles. The van der Waals surface area contributed by atoms with Gasteiger partial charge in [0.05, 0.1) is 11.4 Å². The van der Waals surface area contributed by atoms with E-state index in [0.29, 0.717) is 13.1 Å². The van der Waals surface area contributed by atoms with Crippen molar-refractivity contribution in [3.63, 3.8) is 0 Å². The summed E-state index contributed by atoms with van der Waals surface area (Å²) in [7, 11) is 0. The Morgan fingerprint density at radius 1 is 1.10 bits per heavy atom. The fourth-order valence-electron chi connectivity index (χ4n) is 3.88. The summed E-state index contributed by atoms with van der Waals surface area (Å²) in [5.41, 5.74) is 5.80. The number of anilines is 3. The fraction of sp³-hybridized carbons (Fsp3) is 0.458. The maximum Gasteiger partial charge on any atom is 0.410 e. The number of hydrogen-bond donors (Lipinski definition) is 1. The molecule has 1 fully saturated rings. The van der Waals surface area contributed by atoms with Gasteiger partial charge < -0.3 is 19.9 Å². The van der Waals surface area contributed by atoms with E-state index in [1.807, 2.05) is 37.4 Å². The molecule has 0 aliphatic carbocycles. The van der Waals surface area contributed by atoms with Crippen LogP contribution in [0.15, 0.2) is 40.1 Å². The van der Waals surface area contributed by atoms with E-state index in [1.54, 1.807) is 0 Å². The van der Waals surface area contributed by atoms with Gasteiger partial charge in [0.25, 0.3) is 0 Å². The van der Waals surface area contributed by atoms with Crippen LogP contribution in [0.3, 0.4) is 0 Å². The van der Waals surface area contributed by atoms with Crippen LogP contribution in [0.2, 0.25) is 0 Å². The third-order valence-corrected chi connectivity index (χ3v) is 6.56. The lowest BCUT2D eigenvalue weighted by Crippen LogP contribution is -2.50. The van der Waals surface area contributed by atoms with Gasteiger partial charge in [-0.15, -0.1) is 0 Å². The van der Waals surface area contributed by atoms with Gasteiger partial charge in [0.15, 0.2) is 0 Å². The Bertz CT molecular complexity index is 960. The molecule has 2 aromatic rings. The van der Waals surface area contributed by atoms with E-state index in [4.69, 9.17) is 4.74 Å². The zero-order valence-electron chi connectivity index (χ0n) is 18.5. The Morgan fingerprint density at radius 3 is 2.50 bits per heavy atom. The first kappa shape index (κ1) is 20.9. The van der Waals surface area contributed by atoms with Gasteiger partial charge in [-0.1, -0.05) is 24.8 Å². The Labute approximate surface area is 183 Å². The number of carbonyl (C=O) groups is 1. The minimum atomic E-state index is -0.457. The molecule has 0 bridgehead atoms. The summed E-state index contributed by atoms with van der Waals surface area (Å²) in [5, 5.41) is 3.65. The molecule has 2 aliphatic rings. The maximum absolute atomic E-state index is 12.4. The lowest BCUT2D eigenvalue weighted by molar-refractivity contribution is 0.0240. The molecule has 6 heteroatoms. The van der Waals surface area contributed by atoms with E-state index < -0.39 is 5.60 Å². The lowest BCUT2D eigenvalue weighted by Gasteiger charge is -2.37. The number of amides is 1. The van der Waals surface area contributed by atoms with Crippen molar-refractivity contribution in [2.75, 3.05) is 36.4 Å². The average Bonchev–Trinajstić information content (AvgIpc) is 2.70. The molecule has 1 N–H and O–H groups in total. The Morgan fingerprint density at radius 2 is 1.83 bits per heavy atom. The smallest absolute Gasteiger partial charge is 0.410 e. The Kier molecular flexibility index (Phi) is 5.62. The van der Waals surface area contributed by atoms with Gasteiger partial charge in [0, 0.05) is 41.7 Å². The predicted molar refractivity (Wildman–Crippen MR) is 124 cm³/mol. The standard InChI is InChI=1S/C24H31N3O2S/c1-6-17-14-18(26-9-11-27(12-10-26)23(28)29-24(3,4)5)15-21-22(17)25-19-8-7-16(2)13-20(19)30-21/h7-8,13-15,25H,6,9-12H2,1-5H3. The fourth-order valence-corrected chi connectivity index (χ4v) is 5.06. The highest BCUT2D eigenvalue weighted by molar-refractivity contribution is 7.99. The van der Waals surface area contributed by atoms with Crippen LogP contribution in [0.25, 0.3) is 0 Å². The summed E-state index contributed by atoms with van der Waals surface area (Å²) in [4.78, 5) is 19.1. The largest absolute Gasteiger partial charge is 0.444 e. The maximum atomic E-state index is 12.4. The topological polar surface area (TPSA) is 44.8 Å². The summed E-state index contributed by atoms with van der Waals surface area (Å²) in [6.45, 7) is 13.1. The summed E-state index contributed by atoms with van der Waals surface area (Å²) < 4.78 is 5.53. The number of hydrogen-bond acceptors (Lipinski definition) is 5. The van der Waals surface area contributed by atoms with Crippen LogP contribution < -0.4 is 10.2 Å². The van der Waals surface area contributed by atoms with Crippen molar-refractivity contribution in [1.29, 1.82) is 0 Å². The highest BCUT2D eigenvalue weighted by Crippen LogP contribution is 2.47. The van der Waals surface area contributed by atoms with Crippen LogP contribution in [-0.4, -0.2) is 42.8 Å². The van der Waals surface area contributed by atoms with Crippen molar-refractivity contribution in [3.05, 3.63) is 41.5 Å².